The summed E-state index contributed by atoms with van der Waals surface area (Å²) in [5.41, 5.74) is 5.17. The molecule has 0 fully saturated rings. The van der Waals surface area contributed by atoms with Gasteiger partial charge in [-0.15, -0.1) is 0 Å². The Morgan fingerprint density at radius 3 is 2.62 bits per heavy atom. The Morgan fingerprint density at radius 2 is 2.10 bits per heavy atom. The van der Waals surface area contributed by atoms with E-state index in [9.17, 15) is 13.2 Å². The molecule has 1 unspecified atom stereocenters. The summed E-state index contributed by atoms with van der Waals surface area (Å²) >= 11 is 1.14. The summed E-state index contributed by atoms with van der Waals surface area (Å²) in [6, 6.07) is 3.93. The molecule has 0 aliphatic heterocycles. The lowest BCUT2D eigenvalue weighted by Gasteiger charge is -2.15. The van der Waals surface area contributed by atoms with E-state index in [1.165, 1.54) is 17.1 Å². The molecule has 1 aromatic carbocycles. The van der Waals surface area contributed by atoms with Crippen LogP contribution in [0.2, 0.25) is 0 Å². The van der Waals surface area contributed by atoms with Crippen LogP contribution in [0.1, 0.15) is 18.1 Å². The van der Waals surface area contributed by atoms with Crippen molar-refractivity contribution in [2.24, 2.45) is 12.8 Å². The molecule has 0 aliphatic carbocycles. The first-order valence-electron chi connectivity index (χ1n) is 6.25. The second-order valence-electron chi connectivity index (χ2n) is 4.77. The Kier molecular flexibility index (Phi) is 4.58. The second kappa shape index (κ2) is 6.07. The lowest BCUT2D eigenvalue weighted by Crippen LogP contribution is -2.20. The molecule has 0 radical (unpaired) electrons. The molecule has 2 N–H and O–H groups in total. The molecule has 1 atom stereocenters. The van der Waals surface area contributed by atoms with Crippen molar-refractivity contribution in [2.75, 3.05) is 0 Å². The average molecular weight is 316 g/mol. The summed E-state index contributed by atoms with van der Waals surface area (Å²) in [5.74, 6) is 0. The molecule has 114 valence electrons. The van der Waals surface area contributed by atoms with Crippen LogP contribution in [0.4, 0.5) is 13.2 Å². The zero-order chi connectivity index (χ0) is 15.6. The van der Waals surface area contributed by atoms with Gasteiger partial charge in [0, 0.05) is 18.0 Å². The van der Waals surface area contributed by atoms with Crippen LogP contribution in [-0.2, 0) is 19.6 Å². The number of hydrogen-bond donors (Lipinski definition) is 1. The number of hydrogen-bond acceptors (Lipinski definition) is 4. The molecule has 2 rings (SSSR count). The van der Waals surface area contributed by atoms with Crippen LogP contribution in [0, 0.1) is 0 Å². The normalized spacial score (nSPS) is 13.4. The van der Waals surface area contributed by atoms with Crippen molar-refractivity contribution in [1.82, 2.24) is 14.8 Å². The van der Waals surface area contributed by atoms with Gasteiger partial charge in [0.05, 0.1) is 5.56 Å². The molecule has 8 heteroatoms. The Bertz CT molecular complexity index is 622. The summed E-state index contributed by atoms with van der Waals surface area (Å²) in [5, 5.41) is 4.42. The molecule has 0 aliphatic rings. The summed E-state index contributed by atoms with van der Waals surface area (Å²) < 4.78 is 41.0. The van der Waals surface area contributed by atoms with E-state index < -0.39 is 11.7 Å². The van der Waals surface area contributed by atoms with Crippen LogP contribution >= 0.6 is 11.8 Å². The van der Waals surface area contributed by atoms with E-state index in [1.807, 2.05) is 0 Å². The molecule has 0 saturated carbocycles. The smallest absolute Gasteiger partial charge is 0.328 e. The van der Waals surface area contributed by atoms with Gasteiger partial charge in [0.1, 0.15) is 6.33 Å². The van der Waals surface area contributed by atoms with Crippen LogP contribution in [0.15, 0.2) is 34.6 Å². The number of rotatable bonds is 4. The zero-order valence-corrected chi connectivity index (χ0v) is 12.4. The molecule has 21 heavy (non-hydrogen) atoms. The SMILES string of the molecule is CC(N)Cc1ccc(Sc2ncnn2C)cc1C(F)(F)F. The van der Waals surface area contributed by atoms with Crippen LogP contribution in [0.25, 0.3) is 0 Å². The highest BCUT2D eigenvalue weighted by Gasteiger charge is 2.33. The molecule has 0 bridgehead atoms. The maximum Gasteiger partial charge on any atom is 0.416 e. The van der Waals surface area contributed by atoms with Gasteiger partial charge in [0.25, 0.3) is 0 Å². The number of nitrogens with two attached hydrogens (primary N) is 1. The summed E-state index contributed by atoms with van der Waals surface area (Å²) in [4.78, 5) is 4.45. The molecule has 0 amide bonds. The van der Waals surface area contributed by atoms with Crippen LogP contribution < -0.4 is 5.73 Å². The third kappa shape index (κ3) is 3.98. The van der Waals surface area contributed by atoms with E-state index in [1.54, 1.807) is 20.0 Å². The molecule has 0 saturated heterocycles. The van der Waals surface area contributed by atoms with Gasteiger partial charge in [0.2, 0.25) is 0 Å². The van der Waals surface area contributed by atoms with Gasteiger partial charge in [-0.25, -0.2) is 9.67 Å². The lowest BCUT2D eigenvalue weighted by molar-refractivity contribution is -0.138. The number of aromatic nitrogens is 3. The molecule has 0 spiro atoms. The number of nitrogens with zero attached hydrogens (tertiary/aromatic N) is 3. The minimum Gasteiger partial charge on any atom is -0.328 e. The summed E-state index contributed by atoms with van der Waals surface area (Å²) in [6.45, 7) is 1.68. The monoisotopic (exact) mass is 316 g/mol. The highest BCUT2D eigenvalue weighted by Crippen LogP contribution is 2.36. The molecular weight excluding hydrogens is 301 g/mol. The molecule has 4 nitrogen and oxygen atoms in total. The number of alkyl halides is 3. The van der Waals surface area contributed by atoms with E-state index in [-0.39, 0.29) is 18.0 Å². The minimum absolute atomic E-state index is 0.184. The zero-order valence-electron chi connectivity index (χ0n) is 11.6. The Balaban J connectivity index is 2.35. The van der Waals surface area contributed by atoms with Crippen molar-refractivity contribution >= 4 is 11.8 Å². The van der Waals surface area contributed by atoms with E-state index in [0.717, 1.165) is 17.8 Å². The van der Waals surface area contributed by atoms with Crippen molar-refractivity contribution in [1.29, 1.82) is 0 Å². The standard InChI is InChI=1S/C13H15F3N4S/c1-8(17)5-9-3-4-10(6-11(9)13(14,15)16)21-12-18-7-19-20(12)2/h3-4,6-8H,5,17H2,1-2H3. The Morgan fingerprint density at radius 1 is 1.38 bits per heavy atom. The summed E-state index contributed by atoms with van der Waals surface area (Å²) in [6.07, 6.45) is -2.86. The van der Waals surface area contributed by atoms with Crippen LogP contribution in [-0.4, -0.2) is 20.8 Å². The number of halogens is 3. The first kappa shape index (κ1) is 15.8. The topological polar surface area (TPSA) is 56.7 Å². The molecule has 1 heterocycles. The van der Waals surface area contributed by atoms with Gasteiger partial charge < -0.3 is 5.73 Å². The van der Waals surface area contributed by atoms with Gasteiger partial charge in [0.15, 0.2) is 5.16 Å². The largest absolute Gasteiger partial charge is 0.416 e. The quantitative estimate of drug-likeness (QED) is 0.942. The minimum atomic E-state index is -4.40. The maximum atomic E-state index is 13.2. The predicted octanol–water partition coefficient (Wildman–Crippen LogP) is 2.87. The van der Waals surface area contributed by atoms with Crippen LogP contribution in [0.5, 0.6) is 0 Å². The van der Waals surface area contributed by atoms with Crippen molar-refractivity contribution in [3.63, 3.8) is 0 Å². The van der Waals surface area contributed by atoms with Crippen molar-refractivity contribution in [2.45, 2.75) is 35.6 Å². The highest BCUT2D eigenvalue weighted by atomic mass is 32.2. The van der Waals surface area contributed by atoms with Gasteiger partial charge in [-0.05, 0) is 31.0 Å². The number of aryl methyl sites for hydroxylation is 1. The first-order chi connectivity index (χ1) is 9.77. The second-order valence-corrected chi connectivity index (χ2v) is 5.81. The molecular formula is C13H15F3N4S. The van der Waals surface area contributed by atoms with Crippen molar-refractivity contribution in [3.05, 3.63) is 35.7 Å². The third-order valence-corrected chi connectivity index (χ3v) is 3.85. The van der Waals surface area contributed by atoms with E-state index in [4.69, 9.17) is 5.73 Å². The van der Waals surface area contributed by atoms with Crippen molar-refractivity contribution in [3.8, 4) is 0 Å². The van der Waals surface area contributed by atoms with E-state index in [2.05, 4.69) is 10.1 Å². The van der Waals surface area contributed by atoms with Gasteiger partial charge in [-0.2, -0.15) is 18.3 Å². The first-order valence-corrected chi connectivity index (χ1v) is 7.06. The Hall–Kier alpha value is -1.54. The fourth-order valence-electron chi connectivity index (χ4n) is 1.89. The number of benzene rings is 1. The third-order valence-electron chi connectivity index (χ3n) is 2.81. The average Bonchev–Trinajstić information content (AvgIpc) is 2.75. The van der Waals surface area contributed by atoms with Gasteiger partial charge in [-0.3, -0.25) is 0 Å². The van der Waals surface area contributed by atoms with E-state index >= 15 is 0 Å². The van der Waals surface area contributed by atoms with Crippen molar-refractivity contribution < 1.29 is 13.2 Å². The van der Waals surface area contributed by atoms with Gasteiger partial charge >= 0.3 is 6.18 Å². The lowest BCUT2D eigenvalue weighted by atomic mass is 10.0. The highest BCUT2D eigenvalue weighted by molar-refractivity contribution is 7.99. The Labute approximate surface area is 124 Å². The molecule has 1 aromatic heterocycles. The summed E-state index contributed by atoms with van der Waals surface area (Å²) in [7, 11) is 1.68. The van der Waals surface area contributed by atoms with Crippen LogP contribution in [0.3, 0.4) is 0 Å². The fourth-order valence-corrected chi connectivity index (χ4v) is 2.69. The van der Waals surface area contributed by atoms with Gasteiger partial charge in [-0.1, -0.05) is 17.8 Å². The van der Waals surface area contributed by atoms with E-state index in [0.29, 0.717) is 10.1 Å². The predicted molar refractivity (Wildman–Crippen MR) is 73.9 cm³/mol. The maximum absolute atomic E-state index is 13.2. The molecule has 2 aromatic rings. The fraction of sp³-hybridized carbons (Fsp3) is 0.385.